The highest BCUT2D eigenvalue weighted by atomic mass is 35.5. The minimum Gasteiger partial charge on any atom is -0.488 e. The third kappa shape index (κ3) is 6.15. The first-order chi connectivity index (χ1) is 16.3. The van der Waals surface area contributed by atoms with Gasteiger partial charge in [0.1, 0.15) is 24.0 Å². The van der Waals surface area contributed by atoms with Gasteiger partial charge >= 0.3 is 0 Å². The van der Waals surface area contributed by atoms with Gasteiger partial charge in [-0.3, -0.25) is 25.0 Å². The lowest BCUT2D eigenvalue weighted by Gasteiger charge is -2.11. The number of rotatable bonds is 8. The van der Waals surface area contributed by atoms with E-state index in [1.807, 2.05) is 0 Å². The van der Waals surface area contributed by atoms with Crippen LogP contribution in [0.4, 0.5) is 17.1 Å². The molecule has 0 spiro atoms. The van der Waals surface area contributed by atoms with Crippen molar-refractivity contribution in [2.75, 3.05) is 5.32 Å². The Morgan fingerprint density at radius 2 is 1.74 bits per heavy atom. The van der Waals surface area contributed by atoms with E-state index in [2.05, 4.69) is 5.32 Å². The Balaban J connectivity index is 1.81. The van der Waals surface area contributed by atoms with Crippen LogP contribution in [0.1, 0.15) is 11.1 Å². The summed E-state index contributed by atoms with van der Waals surface area (Å²) in [6.07, 6.45) is 1.28. The van der Waals surface area contributed by atoms with Crippen molar-refractivity contribution in [2.24, 2.45) is 0 Å². The summed E-state index contributed by atoms with van der Waals surface area (Å²) in [6.45, 7) is 0.0717. The highest BCUT2D eigenvalue weighted by Gasteiger charge is 2.14. The fourth-order valence-corrected chi connectivity index (χ4v) is 3.02. The van der Waals surface area contributed by atoms with E-state index in [-0.39, 0.29) is 29.2 Å². The van der Waals surface area contributed by atoms with Gasteiger partial charge in [0, 0.05) is 40.5 Å². The second-order valence-electron chi connectivity index (χ2n) is 6.83. The number of carbonyl (C=O) groups is 1. The maximum absolute atomic E-state index is 12.6. The van der Waals surface area contributed by atoms with Crippen molar-refractivity contribution in [3.8, 4) is 11.8 Å². The quantitative estimate of drug-likeness (QED) is 0.200. The fourth-order valence-electron chi connectivity index (χ4n) is 2.84. The van der Waals surface area contributed by atoms with Gasteiger partial charge in [0.05, 0.1) is 9.85 Å². The molecule has 3 rings (SSSR count). The van der Waals surface area contributed by atoms with E-state index < -0.39 is 15.8 Å². The van der Waals surface area contributed by atoms with Crippen LogP contribution in [0, 0.1) is 31.6 Å². The molecule has 170 valence electrons. The van der Waals surface area contributed by atoms with E-state index in [0.29, 0.717) is 21.9 Å². The molecular weight excluding hydrogens is 464 g/mol. The van der Waals surface area contributed by atoms with E-state index in [1.54, 1.807) is 30.3 Å². The summed E-state index contributed by atoms with van der Waals surface area (Å²) >= 11 is 6.07. The van der Waals surface area contributed by atoms with Gasteiger partial charge in [-0.05, 0) is 48.0 Å². The molecule has 0 heterocycles. The number of nitro groups is 2. The Morgan fingerprint density at radius 3 is 2.38 bits per heavy atom. The predicted molar refractivity (Wildman–Crippen MR) is 124 cm³/mol. The number of nitrogens with zero attached hydrogens (tertiary/aromatic N) is 3. The largest absolute Gasteiger partial charge is 0.488 e. The molecule has 0 aliphatic heterocycles. The van der Waals surface area contributed by atoms with E-state index >= 15 is 0 Å². The highest BCUT2D eigenvalue weighted by Crippen LogP contribution is 2.27. The first-order valence-corrected chi connectivity index (χ1v) is 9.98. The lowest BCUT2D eigenvalue weighted by atomic mass is 10.1. The highest BCUT2D eigenvalue weighted by molar-refractivity contribution is 6.30. The summed E-state index contributed by atoms with van der Waals surface area (Å²) in [5.74, 6) is -0.456. The van der Waals surface area contributed by atoms with Crippen LogP contribution in [0.5, 0.6) is 5.75 Å². The van der Waals surface area contributed by atoms with Crippen LogP contribution in [0.25, 0.3) is 6.08 Å². The molecule has 1 amide bonds. The summed E-state index contributed by atoms with van der Waals surface area (Å²) in [7, 11) is 0. The number of nitrogens with one attached hydrogen (secondary N) is 1. The zero-order valence-electron chi connectivity index (χ0n) is 17.3. The van der Waals surface area contributed by atoms with Crippen LogP contribution in [0.2, 0.25) is 5.02 Å². The summed E-state index contributed by atoms with van der Waals surface area (Å²) in [5.41, 5.74) is 0.624. The number of hydrogen-bond donors (Lipinski definition) is 1. The molecule has 34 heavy (non-hydrogen) atoms. The predicted octanol–water partition coefficient (Wildman–Crippen LogP) is 5.28. The summed E-state index contributed by atoms with van der Waals surface area (Å²) in [5, 5.41) is 34.0. The smallest absolute Gasteiger partial charge is 0.271 e. The van der Waals surface area contributed by atoms with Crippen LogP contribution in [0.15, 0.2) is 72.3 Å². The van der Waals surface area contributed by atoms with Gasteiger partial charge in [0.15, 0.2) is 0 Å². The van der Waals surface area contributed by atoms with E-state index in [1.165, 1.54) is 48.5 Å². The second kappa shape index (κ2) is 10.7. The van der Waals surface area contributed by atoms with Gasteiger partial charge in [0.25, 0.3) is 17.3 Å². The van der Waals surface area contributed by atoms with Crippen LogP contribution < -0.4 is 10.1 Å². The van der Waals surface area contributed by atoms with Gasteiger partial charge in [-0.2, -0.15) is 5.26 Å². The zero-order chi connectivity index (χ0) is 24.7. The number of hydrogen-bond acceptors (Lipinski definition) is 7. The van der Waals surface area contributed by atoms with Crippen molar-refractivity contribution >= 4 is 40.6 Å². The number of anilines is 1. The first kappa shape index (κ1) is 23.9. The second-order valence-corrected chi connectivity index (χ2v) is 7.26. The molecule has 1 N–H and O–H groups in total. The van der Waals surface area contributed by atoms with Gasteiger partial charge < -0.3 is 10.1 Å². The average molecular weight is 479 g/mol. The molecule has 3 aromatic carbocycles. The molecule has 0 radical (unpaired) electrons. The Labute approximate surface area is 198 Å². The average Bonchev–Trinajstić information content (AvgIpc) is 2.82. The molecule has 3 aromatic rings. The number of amides is 1. The summed E-state index contributed by atoms with van der Waals surface area (Å²) in [6, 6.07) is 17.6. The van der Waals surface area contributed by atoms with Crippen LogP contribution in [-0.2, 0) is 11.4 Å². The van der Waals surface area contributed by atoms with Crippen molar-refractivity contribution in [1.82, 2.24) is 0 Å². The third-order valence-corrected chi connectivity index (χ3v) is 4.73. The molecule has 0 fully saturated rings. The number of nitriles is 1. The molecule has 0 unspecified atom stereocenters. The lowest BCUT2D eigenvalue weighted by Crippen LogP contribution is -2.13. The standard InChI is InChI=1S/C23H15ClN4O6/c24-18-6-9-22(34-14-15-4-7-20(8-5-15)27(30)31)16(11-18)10-17(13-25)23(29)26-19-2-1-3-21(12-19)28(32)33/h1-12H,14H2,(H,26,29)/b17-10+. The van der Waals surface area contributed by atoms with Crippen molar-refractivity contribution < 1.29 is 19.4 Å². The Hall–Kier alpha value is -4.75. The molecule has 0 saturated carbocycles. The van der Waals surface area contributed by atoms with E-state index in [4.69, 9.17) is 16.3 Å². The number of carbonyl (C=O) groups excluding carboxylic acids is 1. The first-order valence-electron chi connectivity index (χ1n) is 9.60. The molecule has 0 aliphatic carbocycles. The fraction of sp³-hybridized carbons (Fsp3) is 0.0435. The Kier molecular flexibility index (Phi) is 7.53. The molecule has 11 heteroatoms. The molecule has 0 saturated heterocycles. The number of non-ortho nitro benzene ring substituents is 2. The molecule has 0 aromatic heterocycles. The maximum atomic E-state index is 12.6. The zero-order valence-corrected chi connectivity index (χ0v) is 18.1. The summed E-state index contributed by atoms with van der Waals surface area (Å²) < 4.78 is 5.77. The van der Waals surface area contributed by atoms with E-state index in [0.717, 1.165) is 0 Å². The number of ether oxygens (including phenoxy) is 1. The Morgan fingerprint density at radius 1 is 1.03 bits per heavy atom. The van der Waals surface area contributed by atoms with Crippen LogP contribution in [0.3, 0.4) is 0 Å². The van der Waals surface area contributed by atoms with Crippen LogP contribution >= 0.6 is 11.6 Å². The maximum Gasteiger partial charge on any atom is 0.271 e. The lowest BCUT2D eigenvalue weighted by molar-refractivity contribution is -0.385. The van der Waals surface area contributed by atoms with E-state index in [9.17, 15) is 30.3 Å². The molecular formula is C23H15ClN4O6. The van der Waals surface area contributed by atoms with Gasteiger partial charge in [0.2, 0.25) is 0 Å². The number of halogens is 1. The SMILES string of the molecule is N#C/C(=C\c1cc(Cl)ccc1OCc1ccc([N+](=O)[O-])cc1)C(=O)Nc1cccc([N+](=O)[O-])c1. The third-order valence-electron chi connectivity index (χ3n) is 4.49. The molecule has 0 atom stereocenters. The monoisotopic (exact) mass is 478 g/mol. The number of nitro benzene ring substituents is 2. The molecule has 10 nitrogen and oxygen atoms in total. The normalized spacial score (nSPS) is 10.8. The van der Waals surface area contributed by atoms with Crippen molar-refractivity contribution in [3.63, 3.8) is 0 Å². The van der Waals surface area contributed by atoms with Gasteiger partial charge in [-0.25, -0.2) is 0 Å². The van der Waals surface area contributed by atoms with Crippen LogP contribution in [-0.4, -0.2) is 15.8 Å². The Bertz CT molecular complexity index is 1330. The van der Waals surface area contributed by atoms with Crippen molar-refractivity contribution in [3.05, 3.63) is 109 Å². The molecule has 0 bridgehead atoms. The topological polar surface area (TPSA) is 148 Å². The van der Waals surface area contributed by atoms with Crippen molar-refractivity contribution in [2.45, 2.75) is 6.61 Å². The molecule has 0 aliphatic rings. The summed E-state index contributed by atoms with van der Waals surface area (Å²) in [4.78, 5) is 33.2. The minimum absolute atomic E-state index is 0.0488. The van der Waals surface area contributed by atoms with Gasteiger partial charge in [-0.1, -0.05) is 17.7 Å². The van der Waals surface area contributed by atoms with Crippen molar-refractivity contribution in [1.29, 1.82) is 5.26 Å². The van der Waals surface area contributed by atoms with Gasteiger partial charge in [-0.15, -0.1) is 0 Å². The minimum atomic E-state index is -0.774. The number of benzene rings is 3.